The molecule has 1 aliphatic heterocycles. The highest BCUT2D eigenvalue weighted by Gasteiger charge is 2.32. The number of halogens is 1. The quantitative estimate of drug-likeness (QED) is 0.793. The van der Waals surface area contributed by atoms with Crippen molar-refractivity contribution in [3.05, 3.63) is 34.3 Å². The summed E-state index contributed by atoms with van der Waals surface area (Å²) in [5, 5.41) is 2.54. The van der Waals surface area contributed by atoms with Gasteiger partial charge < -0.3 is 0 Å². The number of carbonyl (C=O) groups is 2. The second-order valence-corrected chi connectivity index (χ2v) is 7.93. The minimum absolute atomic E-state index is 0.304. The van der Waals surface area contributed by atoms with Gasteiger partial charge in [-0.15, -0.1) is 0 Å². The molecule has 1 saturated heterocycles. The number of nitrogens with zero attached hydrogens (tertiary/aromatic N) is 2. The van der Waals surface area contributed by atoms with Crippen LogP contribution in [-0.2, 0) is 14.6 Å². The van der Waals surface area contributed by atoms with Gasteiger partial charge in [0.2, 0.25) is 0 Å². The predicted octanol–water partition coefficient (Wildman–Crippen LogP) is 1.08. The SMILES string of the molecule is CS(=O)(=O)CC(=O)N1CCCN1C(=O)c1ccc(Br)cc1. The Bertz CT molecular complexity index is 657. The van der Waals surface area contributed by atoms with Crippen LogP contribution < -0.4 is 0 Å². The molecule has 2 rings (SSSR count). The maximum Gasteiger partial charge on any atom is 0.272 e. The first-order valence-electron chi connectivity index (χ1n) is 6.33. The summed E-state index contributed by atoms with van der Waals surface area (Å²) >= 11 is 3.29. The number of carbonyl (C=O) groups excluding carboxylic acids is 2. The molecular weight excluding hydrogens is 360 g/mol. The summed E-state index contributed by atoms with van der Waals surface area (Å²) in [5.74, 6) is -1.46. The lowest BCUT2D eigenvalue weighted by Crippen LogP contribution is -2.46. The summed E-state index contributed by atoms with van der Waals surface area (Å²) < 4.78 is 23.3. The molecule has 0 N–H and O–H groups in total. The van der Waals surface area contributed by atoms with Crippen LogP contribution in [0, 0.1) is 0 Å². The normalized spacial score (nSPS) is 15.3. The third-order valence-corrected chi connectivity index (χ3v) is 4.33. The molecule has 114 valence electrons. The average Bonchev–Trinajstić information content (AvgIpc) is 2.86. The lowest BCUT2D eigenvalue weighted by Gasteiger charge is -2.27. The van der Waals surface area contributed by atoms with Gasteiger partial charge in [0.05, 0.1) is 0 Å². The van der Waals surface area contributed by atoms with E-state index in [4.69, 9.17) is 0 Å². The van der Waals surface area contributed by atoms with E-state index < -0.39 is 21.5 Å². The second-order valence-electron chi connectivity index (χ2n) is 4.88. The van der Waals surface area contributed by atoms with Crippen molar-refractivity contribution in [3.8, 4) is 0 Å². The van der Waals surface area contributed by atoms with E-state index in [1.54, 1.807) is 24.3 Å². The molecule has 0 aliphatic carbocycles. The van der Waals surface area contributed by atoms with Crippen molar-refractivity contribution in [2.75, 3.05) is 25.1 Å². The van der Waals surface area contributed by atoms with Gasteiger partial charge in [0, 0.05) is 29.4 Å². The third-order valence-electron chi connectivity index (χ3n) is 3.03. The van der Waals surface area contributed by atoms with Gasteiger partial charge in [-0.2, -0.15) is 0 Å². The van der Waals surface area contributed by atoms with Gasteiger partial charge >= 0.3 is 0 Å². The molecule has 0 unspecified atom stereocenters. The zero-order valence-electron chi connectivity index (χ0n) is 11.5. The first-order valence-corrected chi connectivity index (χ1v) is 9.19. The van der Waals surface area contributed by atoms with Crippen LogP contribution in [0.1, 0.15) is 16.8 Å². The predicted molar refractivity (Wildman–Crippen MR) is 81.2 cm³/mol. The van der Waals surface area contributed by atoms with Gasteiger partial charge in [-0.3, -0.25) is 14.6 Å². The van der Waals surface area contributed by atoms with Crippen LogP contribution in [0.2, 0.25) is 0 Å². The topological polar surface area (TPSA) is 74.8 Å². The van der Waals surface area contributed by atoms with E-state index in [9.17, 15) is 18.0 Å². The van der Waals surface area contributed by atoms with Gasteiger partial charge in [-0.25, -0.2) is 13.4 Å². The molecule has 0 atom stereocenters. The number of amides is 2. The lowest BCUT2D eigenvalue weighted by molar-refractivity contribution is -0.137. The van der Waals surface area contributed by atoms with Crippen LogP contribution in [0.3, 0.4) is 0 Å². The Morgan fingerprint density at radius 3 is 2.29 bits per heavy atom. The van der Waals surface area contributed by atoms with Gasteiger partial charge in [0.15, 0.2) is 9.84 Å². The third kappa shape index (κ3) is 4.04. The zero-order chi connectivity index (χ0) is 15.6. The van der Waals surface area contributed by atoms with E-state index in [-0.39, 0.29) is 5.91 Å². The van der Waals surface area contributed by atoms with E-state index in [1.165, 1.54) is 10.0 Å². The van der Waals surface area contributed by atoms with Crippen LogP contribution in [0.5, 0.6) is 0 Å². The number of benzene rings is 1. The smallest absolute Gasteiger partial charge is 0.272 e. The summed E-state index contributed by atoms with van der Waals surface area (Å²) in [6.07, 6.45) is 1.64. The van der Waals surface area contributed by atoms with Gasteiger partial charge in [-0.05, 0) is 30.7 Å². The summed E-state index contributed by atoms with van der Waals surface area (Å²) in [4.78, 5) is 24.4. The molecular formula is C13H15BrN2O4S. The molecule has 8 heteroatoms. The Morgan fingerprint density at radius 2 is 1.71 bits per heavy atom. The Balaban J connectivity index is 2.16. The maximum absolute atomic E-state index is 12.4. The largest absolute Gasteiger partial charge is 0.272 e. The molecule has 0 bridgehead atoms. The molecule has 0 radical (unpaired) electrons. The highest BCUT2D eigenvalue weighted by atomic mass is 79.9. The monoisotopic (exact) mass is 374 g/mol. The van der Waals surface area contributed by atoms with Crippen molar-refractivity contribution in [3.63, 3.8) is 0 Å². The van der Waals surface area contributed by atoms with E-state index >= 15 is 0 Å². The van der Waals surface area contributed by atoms with Crippen molar-refractivity contribution in [2.24, 2.45) is 0 Å². The molecule has 1 aromatic rings. The summed E-state index contributed by atoms with van der Waals surface area (Å²) in [6, 6.07) is 6.80. The molecule has 0 aromatic heterocycles. The van der Waals surface area contributed by atoms with Gasteiger partial charge in [0.25, 0.3) is 11.8 Å². The van der Waals surface area contributed by atoms with Crippen molar-refractivity contribution in [1.82, 2.24) is 10.0 Å². The summed E-state index contributed by atoms with van der Waals surface area (Å²) in [5.41, 5.74) is 0.456. The molecule has 1 fully saturated rings. The fourth-order valence-corrected chi connectivity index (χ4v) is 2.98. The fraction of sp³-hybridized carbons (Fsp3) is 0.385. The minimum atomic E-state index is -3.42. The van der Waals surface area contributed by atoms with Crippen molar-refractivity contribution >= 4 is 37.6 Å². The van der Waals surface area contributed by atoms with Gasteiger partial charge in [0.1, 0.15) is 5.75 Å². The number of rotatable bonds is 3. The van der Waals surface area contributed by atoms with Crippen LogP contribution in [0.4, 0.5) is 0 Å². The first-order chi connectivity index (χ1) is 9.78. The number of hydrogen-bond donors (Lipinski definition) is 0. The number of hydrogen-bond acceptors (Lipinski definition) is 4. The molecule has 0 saturated carbocycles. The van der Waals surface area contributed by atoms with Crippen molar-refractivity contribution in [1.29, 1.82) is 0 Å². The Labute approximate surface area is 131 Å². The molecule has 2 amide bonds. The molecule has 1 aliphatic rings. The van der Waals surface area contributed by atoms with Crippen LogP contribution in [-0.4, -0.2) is 55.3 Å². The highest BCUT2D eigenvalue weighted by molar-refractivity contribution is 9.10. The molecule has 0 spiro atoms. The average molecular weight is 375 g/mol. The molecule has 6 nitrogen and oxygen atoms in total. The summed E-state index contributed by atoms with van der Waals surface area (Å²) in [6.45, 7) is 0.765. The fourth-order valence-electron chi connectivity index (χ4n) is 2.12. The van der Waals surface area contributed by atoms with Gasteiger partial charge in [-0.1, -0.05) is 15.9 Å². The van der Waals surface area contributed by atoms with Crippen LogP contribution in [0.15, 0.2) is 28.7 Å². The summed E-state index contributed by atoms with van der Waals surface area (Å²) in [7, 11) is -3.42. The minimum Gasteiger partial charge on any atom is -0.272 e. The Morgan fingerprint density at radius 1 is 1.14 bits per heavy atom. The zero-order valence-corrected chi connectivity index (χ0v) is 13.9. The van der Waals surface area contributed by atoms with E-state index in [1.807, 2.05) is 0 Å². The second kappa shape index (κ2) is 6.15. The van der Waals surface area contributed by atoms with E-state index in [2.05, 4.69) is 15.9 Å². The lowest BCUT2D eigenvalue weighted by atomic mass is 10.2. The standard InChI is InChI=1S/C13H15BrN2O4S/c1-21(19,20)9-12(17)15-7-2-8-16(15)13(18)10-3-5-11(14)6-4-10/h3-6H,2,7-9H2,1H3. The Kier molecular flexibility index (Phi) is 4.67. The number of hydrazine groups is 1. The highest BCUT2D eigenvalue weighted by Crippen LogP contribution is 2.17. The maximum atomic E-state index is 12.4. The number of sulfone groups is 1. The van der Waals surface area contributed by atoms with E-state index in [0.717, 1.165) is 10.7 Å². The molecule has 21 heavy (non-hydrogen) atoms. The van der Waals surface area contributed by atoms with Crippen molar-refractivity contribution in [2.45, 2.75) is 6.42 Å². The van der Waals surface area contributed by atoms with E-state index in [0.29, 0.717) is 25.1 Å². The Hall–Kier alpha value is -1.41. The molecule has 1 heterocycles. The van der Waals surface area contributed by atoms with Crippen LogP contribution in [0.25, 0.3) is 0 Å². The van der Waals surface area contributed by atoms with Crippen molar-refractivity contribution < 1.29 is 18.0 Å². The van der Waals surface area contributed by atoms with Crippen LogP contribution >= 0.6 is 15.9 Å². The molecule has 1 aromatic carbocycles. The first kappa shape index (κ1) is 16.0.